The Hall–Kier alpha value is -1.66. The smallest absolute Gasteiger partial charge is 0.221 e. The van der Waals surface area contributed by atoms with E-state index in [1.165, 1.54) is 0 Å². The van der Waals surface area contributed by atoms with Crippen LogP contribution in [0.2, 0.25) is 0 Å². The van der Waals surface area contributed by atoms with Crippen LogP contribution in [0.3, 0.4) is 0 Å². The minimum Gasteiger partial charge on any atom is -0.221 e. The van der Waals surface area contributed by atoms with Crippen LogP contribution in [0.1, 0.15) is 0 Å². The lowest BCUT2D eigenvalue weighted by Gasteiger charge is -2.43. The highest BCUT2D eigenvalue weighted by Crippen LogP contribution is 2.69. The zero-order valence-corrected chi connectivity index (χ0v) is 13.1. The summed E-state index contributed by atoms with van der Waals surface area (Å²) in [5, 5.41) is 0. The quantitative estimate of drug-likeness (QED) is 0.361. The van der Waals surface area contributed by atoms with Gasteiger partial charge in [-0.05, 0) is 0 Å². The fraction of sp³-hybridized carbons (Fsp3) is 0.818. The van der Waals surface area contributed by atoms with Gasteiger partial charge in [0.25, 0.3) is 0 Å². The molecule has 1 aliphatic rings. The van der Waals surface area contributed by atoms with E-state index in [0.29, 0.717) is 0 Å². The second kappa shape index (κ2) is 6.22. The molecular weight excluding hydrogens is 512 g/mol. The Morgan fingerprint density at radius 2 is 0.806 bits per heavy atom. The van der Waals surface area contributed by atoms with Gasteiger partial charge in [-0.2, -0.15) is 79.0 Å². The molecule has 0 bridgehead atoms. The van der Waals surface area contributed by atoms with Gasteiger partial charge in [-0.3, -0.25) is 0 Å². The molecule has 0 spiro atoms. The summed E-state index contributed by atoms with van der Waals surface area (Å²) in [5.74, 6) is -53.9. The lowest BCUT2D eigenvalue weighted by atomic mass is 9.80. The van der Waals surface area contributed by atoms with Crippen LogP contribution in [0.25, 0.3) is 0 Å². The van der Waals surface area contributed by atoms with E-state index in [2.05, 4.69) is 0 Å². The Bertz CT molecular complexity index is 761. The molecule has 184 valence electrons. The molecule has 0 fully saturated rings. The van der Waals surface area contributed by atoms with Crippen molar-refractivity contribution in [3.8, 4) is 0 Å². The van der Waals surface area contributed by atoms with Gasteiger partial charge >= 0.3 is 53.6 Å². The highest BCUT2D eigenvalue weighted by atomic mass is 19.4. The molecule has 1 aliphatic carbocycles. The molecule has 0 nitrogen and oxygen atoms in total. The van der Waals surface area contributed by atoms with E-state index in [1.54, 1.807) is 0 Å². The maximum atomic E-state index is 14.1. The van der Waals surface area contributed by atoms with Gasteiger partial charge in [-0.25, -0.2) is 8.78 Å². The van der Waals surface area contributed by atoms with E-state index in [1.807, 2.05) is 0 Å². The Morgan fingerprint density at radius 1 is 0.452 bits per heavy atom. The molecule has 20 heteroatoms. The van der Waals surface area contributed by atoms with Gasteiger partial charge in [-0.15, -0.1) is 0 Å². The van der Waals surface area contributed by atoms with E-state index in [0.717, 1.165) is 0 Å². The molecule has 0 amide bonds. The van der Waals surface area contributed by atoms with Crippen LogP contribution in [-0.4, -0.2) is 53.6 Å². The molecule has 0 aliphatic heterocycles. The van der Waals surface area contributed by atoms with Crippen molar-refractivity contribution in [3.63, 3.8) is 0 Å². The van der Waals surface area contributed by atoms with Crippen LogP contribution in [0.15, 0.2) is 11.4 Å². The summed E-state index contributed by atoms with van der Waals surface area (Å²) < 4.78 is 259. The summed E-state index contributed by atoms with van der Waals surface area (Å²) in [6, 6.07) is 0. The molecular formula is C11F20. The molecule has 1 atom stereocenters. The number of hydrogen-bond donors (Lipinski definition) is 0. The molecule has 0 saturated carbocycles. The molecule has 0 saturated heterocycles. The van der Waals surface area contributed by atoms with E-state index >= 15 is 0 Å². The zero-order valence-electron chi connectivity index (χ0n) is 13.1. The van der Waals surface area contributed by atoms with Crippen molar-refractivity contribution in [1.82, 2.24) is 0 Å². The van der Waals surface area contributed by atoms with Gasteiger partial charge in [0.05, 0.1) is 5.57 Å². The normalized spacial score (nSPS) is 24.4. The summed E-state index contributed by atoms with van der Waals surface area (Å²) in [6.45, 7) is 0. The molecule has 0 radical (unpaired) electrons. The fourth-order valence-corrected chi connectivity index (χ4v) is 2.22. The fourth-order valence-electron chi connectivity index (χ4n) is 2.22. The Balaban J connectivity index is 4.16. The molecule has 0 heterocycles. The first-order valence-electron chi connectivity index (χ1n) is 6.53. The van der Waals surface area contributed by atoms with Crippen LogP contribution in [0.5, 0.6) is 0 Å². The van der Waals surface area contributed by atoms with Crippen molar-refractivity contribution >= 4 is 0 Å². The van der Waals surface area contributed by atoms with Crippen LogP contribution in [0.4, 0.5) is 87.8 Å². The van der Waals surface area contributed by atoms with Gasteiger partial charge < -0.3 is 0 Å². The third-order valence-corrected chi connectivity index (χ3v) is 3.91. The van der Waals surface area contributed by atoms with Crippen LogP contribution in [-0.2, 0) is 0 Å². The maximum Gasteiger partial charge on any atom is 0.460 e. The van der Waals surface area contributed by atoms with E-state index < -0.39 is 65.0 Å². The summed E-state index contributed by atoms with van der Waals surface area (Å²) in [6.07, 6.45) is -16.3. The Labute approximate surface area is 154 Å². The lowest BCUT2D eigenvalue weighted by Crippen LogP contribution is -2.72. The molecule has 1 rings (SSSR count). The van der Waals surface area contributed by atoms with Gasteiger partial charge in [0.2, 0.25) is 0 Å². The first-order chi connectivity index (χ1) is 13.0. The second-order valence-electron chi connectivity index (χ2n) is 5.79. The summed E-state index contributed by atoms with van der Waals surface area (Å²) >= 11 is 0. The maximum absolute atomic E-state index is 14.1. The molecule has 0 N–H and O–H groups in total. The molecule has 0 aromatic rings. The minimum atomic E-state index is -8.93. The highest BCUT2D eigenvalue weighted by Gasteiger charge is 2.96. The predicted octanol–water partition coefficient (Wildman–Crippen LogP) is 6.87. The number of allylic oxidation sites excluding steroid dienone is 2. The van der Waals surface area contributed by atoms with Crippen molar-refractivity contribution in [3.05, 3.63) is 11.4 Å². The number of alkyl halides is 19. The third-order valence-electron chi connectivity index (χ3n) is 3.91. The SMILES string of the molecule is FC1=C(C(F)(C(F)(F)F)C(F)(F)C(F)(F)C(F)(F)C(F)(F)F)C(F)(F)C(F)(F)C1(F)F. The van der Waals surface area contributed by atoms with Crippen LogP contribution < -0.4 is 0 Å². The van der Waals surface area contributed by atoms with Crippen LogP contribution in [0, 0.1) is 0 Å². The standard InChI is InChI=1S/C11F20/c12-2-1(4(14,15)7(20,21)5(2,16)17)3(13,10(26,27)28)6(18,19)8(22,23)9(24,25)11(29,30)31. The van der Waals surface area contributed by atoms with Crippen LogP contribution >= 0.6 is 0 Å². The van der Waals surface area contributed by atoms with Gasteiger partial charge in [0.15, 0.2) is 5.83 Å². The third kappa shape index (κ3) is 2.83. The Kier molecular flexibility index (Phi) is 5.50. The highest BCUT2D eigenvalue weighted by molar-refractivity contribution is 5.46. The van der Waals surface area contributed by atoms with E-state index in [9.17, 15) is 87.8 Å². The largest absolute Gasteiger partial charge is 0.460 e. The summed E-state index contributed by atoms with van der Waals surface area (Å²) in [5.41, 5.74) is -14.1. The van der Waals surface area contributed by atoms with Gasteiger partial charge in [0.1, 0.15) is 0 Å². The second-order valence-corrected chi connectivity index (χ2v) is 5.79. The average molecular weight is 512 g/mol. The van der Waals surface area contributed by atoms with E-state index in [4.69, 9.17) is 0 Å². The first kappa shape index (κ1) is 27.4. The van der Waals surface area contributed by atoms with Gasteiger partial charge in [0, 0.05) is 0 Å². The first-order valence-corrected chi connectivity index (χ1v) is 6.53. The van der Waals surface area contributed by atoms with Crippen molar-refractivity contribution < 1.29 is 87.8 Å². The van der Waals surface area contributed by atoms with Crippen molar-refractivity contribution in [2.75, 3.05) is 0 Å². The van der Waals surface area contributed by atoms with Crippen molar-refractivity contribution in [2.45, 2.75) is 53.6 Å². The minimum absolute atomic E-state index is 5.15. The van der Waals surface area contributed by atoms with E-state index in [-0.39, 0.29) is 0 Å². The molecule has 0 aromatic carbocycles. The number of hydrogen-bond acceptors (Lipinski definition) is 0. The topological polar surface area (TPSA) is 0 Å². The zero-order chi connectivity index (χ0) is 25.7. The van der Waals surface area contributed by atoms with Crippen molar-refractivity contribution in [2.24, 2.45) is 0 Å². The van der Waals surface area contributed by atoms with Gasteiger partial charge in [-0.1, -0.05) is 0 Å². The Morgan fingerprint density at radius 3 is 1.03 bits per heavy atom. The number of rotatable bonds is 4. The predicted molar refractivity (Wildman–Crippen MR) is 53.8 cm³/mol. The average Bonchev–Trinajstić information content (AvgIpc) is 2.59. The van der Waals surface area contributed by atoms with Crippen molar-refractivity contribution in [1.29, 1.82) is 0 Å². The molecule has 31 heavy (non-hydrogen) atoms. The summed E-state index contributed by atoms with van der Waals surface area (Å²) in [7, 11) is 0. The monoisotopic (exact) mass is 512 g/mol. The molecule has 0 aromatic heterocycles. The molecule has 1 unspecified atom stereocenters. The lowest BCUT2D eigenvalue weighted by molar-refractivity contribution is -0.428. The number of halogens is 20. The summed E-state index contributed by atoms with van der Waals surface area (Å²) in [4.78, 5) is 0.